The van der Waals surface area contributed by atoms with E-state index in [4.69, 9.17) is 0 Å². The molecule has 0 aliphatic carbocycles. The zero-order valence-corrected chi connectivity index (χ0v) is 8.76. The second kappa shape index (κ2) is 4.26. The van der Waals surface area contributed by atoms with Crippen molar-refractivity contribution in [3.63, 3.8) is 0 Å². The Balaban J connectivity index is 2.26. The maximum absolute atomic E-state index is 13.6. The van der Waals surface area contributed by atoms with Gasteiger partial charge >= 0.3 is 0 Å². The van der Waals surface area contributed by atoms with E-state index in [1.165, 1.54) is 7.05 Å². The lowest BCUT2D eigenvalue weighted by Gasteiger charge is -2.11. The van der Waals surface area contributed by atoms with Gasteiger partial charge in [0.1, 0.15) is 0 Å². The predicted octanol–water partition coefficient (Wildman–Crippen LogP) is 1.56. The van der Waals surface area contributed by atoms with Crippen molar-refractivity contribution in [2.24, 2.45) is 7.05 Å². The van der Waals surface area contributed by atoms with E-state index in [2.05, 4.69) is 10.4 Å². The highest BCUT2D eigenvalue weighted by Crippen LogP contribution is 2.29. The highest BCUT2D eigenvalue weighted by molar-refractivity contribution is 5.16. The Morgan fingerprint density at radius 1 is 1.33 bits per heavy atom. The molecule has 0 spiro atoms. The third kappa shape index (κ3) is 2.02. The van der Waals surface area contributed by atoms with Crippen molar-refractivity contribution in [2.45, 2.75) is 25.2 Å². The average Bonchev–Trinajstić information content (AvgIpc) is 2.46. The monoisotopic (exact) mass is 215 g/mol. The van der Waals surface area contributed by atoms with Gasteiger partial charge in [-0.05, 0) is 38.3 Å². The number of aromatic nitrogens is 2. The van der Waals surface area contributed by atoms with Crippen LogP contribution in [0.4, 0.5) is 8.78 Å². The average molecular weight is 215 g/mol. The molecule has 0 aromatic carbocycles. The molecule has 0 bridgehead atoms. The van der Waals surface area contributed by atoms with E-state index in [0.717, 1.165) is 37.0 Å². The first-order chi connectivity index (χ1) is 7.20. The normalized spacial score (nSPS) is 22.7. The van der Waals surface area contributed by atoms with Crippen molar-refractivity contribution >= 4 is 0 Å². The van der Waals surface area contributed by atoms with Crippen molar-refractivity contribution in [1.82, 2.24) is 15.1 Å². The van der Waals surface area contributed by atoms with Crippen LogP contribution in [0.1, 0.15) is 30.7 Å². The summed E-state index contributed by atoms with van der Waals surface area (Å²) < 4.78 is 28.0. The molecule has 2 rings (SSSR count). The van der Waals surface area contributed by atoms with Gasteiger partial charge in [0.25, 0.3) is 0 Å². The van der Waals surface area contributed by atoms with Crippen LogP contribution >= 0.6 is 0 Å². The summed E-state index contributed by atoms with van der Waals surface area (Å²) in [5.74, 6) is -1.21. The van der Waals surface area contributed by atoms with Gasteiger partial charge in [-0.3, -0.25) is 0 Å². The number of aryl methyl sites for hydroxylation is 1. The Labute approximate surface area is 87.5 Å². The summed E-state index contributed by atoms with van der Waals surface area (Å²) in [6, 6.07) is 0. The van der Waals surface area contributed by atoms with E-state index in [9.17, 15) is 8.78 Å². The van der Waals surface area contributed by atoms with Crippen LogP contribution in [0, 0.1) is 11.9 Å². The highest BCUT2D eigenvalue weighted by Gasteiger charge is 2.25. The molecule has 1 aromatic rings. The van der Waals surface area contributed by atoms with E-state index >= 15 is 0 Å². The molecule has 1 N–H and O–H groups in total. The molecule has 3 nitrogen and oxygen atoms in total. The van der Waals surface area contributed by atoms with Gasteiger partial charge in [0.05, 0.1) is 5.56 Å². The molecule has 84 valence electrons. The molecule has 15 heavy (non-hydrogen) atoms. The quantitative estimate of drug-likeness (QED) is 0.770. The minimum Gasteiger partial charge on any atom is -0.317 e. The molecule has 1 aliphatic heterocycles. The molecule has 0 radical (unpaired) electrons. The van der Waals surface area contributed by atoms with Crippen LogP contribution in [0.2, 0.25) is 0 Å². The van der Waals surface area contributed by atoms with Gasteiger partial charge in [0.2, 0.25) is 11.9 Å². The molecular formula is C10H15F2N3. The Morgan fingerprint density at radius 2 is 2.13 bits per heavy atom. The summed E-state index contributed by atoms with van der Waals surface area (Å²) in [4.78, 5) is 0. The Bertz CT molecular complexity index is 341. The fraction of sp³-hybridized carbons (Fsp3) is 0.700. The Morgan fingerprint density at radius 3 is 2.80 bits per heavy atom. The van der Waals surface area contributed by atoms with Crippen LogP contribution < -0.4 is 5.32 Å². The molecule has 1 fully saturated rings. The van der Waals surface area contributed by atoms with Crippen LogP contribution in [-0.2, 0) is 7.05 Å². The summed E-state index contributed by atoms with van der Waals surface area (Å²) >= 11 is 0. The highest BCUT2D eigenvalue weighted by atomic mass is 19.1. The molecular weight excluding hydrogens is 200 g/mol. The van der Waals surface area contributed by atoms with E-state index in [-0.39, 0.29) is 11.5 Å². The van der Waals surface area contributed by atoms with E-state index < -0.39 is 11.9 Å². The number of rotatable bonds is 1. The maximum atomic E-state index is 13.6. The fourth-order valence-corrected chi connectivity index (χ4v) is 2.13. The summed E-state index contributed by atoms with van der Waals surface area (Å²) in [6.45, 7) is 1.75. The standard InChI is InChI=1S/C10H15F2N3/c1-15-10(12)8(9(11)14-15)7-3-2-5-13-6-4-7/h7,13H,2-6H2,1H3. The van der Waals surface area contributed by atoms with E-state index in [1.54, 1.807) is 0 Å². The van der Waals surface area contributed by atoms with Gasteiger partial charge in [-0.2, -0.15) is 8.78 Å². The van der Waals surface area contributed by atoms with Crippen LogP contribution in [0.15, 0.2) is 0 Å². The molecule has 1 aromatic heterocycles. The van der Waals surface area contributed by atoms with Crippen LogP contribution in [0.5, 0.6) is 0 Å². The van der Waals surface area contributed by atoms with Crippen molar-refractivity contribution in [2.75, 3.05) is 13.1 Å². The third-order valence-electron chi connectivity index (χ3n) is 2.95. The number of hydrogen-bond donors (Lipinski definition) is 1. The van der Waals surface area contributed by atoms with Gasteiger partial charge in [-0.15, -0.1) is 5.10 Å². The van der Waals surface area contributed by atoms with Crippen LogP contribution in [0.25, 0.3) is 0 Å². The SMILES string of the molecule is Cn1nc(F)c(C2CCCNCC2)c1F. The van der Waals surface area contributed by atoms with Crippen molar-refractivity contribution < 1.29 is 8.78 Å². The summed E-state index contributed by atoms with van der Waals surface area (Å²) in [6.07, 6.45) is 2.56. The molecule has 5 heteroatoms. The second-order valence-corrected chi connectivity index (χ2v) is 4.00. The topological polar surface area (TPSA) is 29.9 Å². The summed E-state index contributed by atoms with van der Waals surface area (Å²) in [5, 5.41) is 6.69. The zero-order valence-electron chi connectivity index (χ0n) is 8.76. The smallest absolute Gasteiger partial charge is 0.239 e. The predicted molar refractivity (Wildman–Crippen MR) is 52.6 cm³/mol. The lowest BCUT2D eigenvalue weighted by molar-refractivity contribution is 0.476. The lowest BCUT2D eigenvalue weighted by Crippen LogP contribution is -2.14. The Hall–Kier alpha value is -0.970. The van der Waals surface area contributed by atoms with Gasteiger partial charge in [0, 0.05) is 7.05 Å². The molecule has 1 atom stereocenters. The largest absolute Gasteiger partial charge is 0.317 e. The molecule has 1 unspecified atom stereocenters. The number of halogens is 2. The van der Waals surface area contributed by atoms with Crippen LogP contribution in [-0.4, -0.2) is 22.9 Å². The summed E-state index contributed by atoms with van der Waals surface area (Å²) in [5.41, 5.74) is 0.168. The van der Waals surface area contributed by atoms with Gasteiger partial charge in [-0.25, -0.2) is 4.68 Å². The van der Waals surface area contributed by atoms with Crippen LogP contribution in [0.3, 0.4) is 0 Å². The Kier molecular flexibility index (Phi) is 3.00. The first-order valence-corrected chi connectivity index (χ1v) is 5.28. The number of nitrogens with zero attached hydrogens (tertiary/aromatic N) is 2. The fourth-order valence-electron chi connectivity index (χ4n) is 2.13. The van der Waals surface area contributed by atoms with Gasteiger partial charge < -0.3 is 5.32 Å². The minimum absolute atomic E-state index is 0.0336. The van der Waals surface area contributed by atoms with Crippen molar-refractivity contribution in [3.8, 4) is 0 Å². The number of nitrogens with one attached hydrogen (secondary N) is 1. The minimum atomic E-state index is -0.651. The molecule has 1 saturated heterocycles. The molecule has 0 saturated carbocycles. The first kappa shape index (κ1) is 10.5. The van der Waals surface area contributed by atoms with Gasteiger partial charge in [0.15, 0.2) is 0 Å². The van der Waals surface area contributed by atoms with Crippen molar-refractivity contribution in [3.05, 3.63) is 17.5 Å². The lowest BCUT2D eigenvalue weighted by atomic mass is 9.94. The maximum Gasteiger partial charge on any atom is 0.239 e. The number of hydrogen-bond acceptors (Lipinski definition) is 2. The molecule has 1 aliphatic rings. The van der Waals surface area contributed by atoms with Gasteiger partial charge in [-0.1, -0.05) is 0 Å². The van der Waals surface area contributed by atoms with E-state index in [1.807, 2.05) is 0 Å². The van der Waals surface area contributed by atoms with Crippen molar-refractivity contribution in [1.29, 1.82) is 0 Å². The molecule has 0 amide bonds. The molecule has 2 heterocycles. The third-order valence-corrected chi connectivity index (χ3v) is 2.95. The summed E-state index contributed by atoms with van der Waals surface area (Å²) in [7, 11) is 1.43. The first-order valence-electron chi connectivity index (χ1n) is 5.28. The van der Waals surface area contributed by atoms with E-state index in [0.29, 0.717) is 0 Å². The zero-order chi connectivity index (χ0) is 10.8. The second-order valence-electron chi connectivity index (χ2n) is 4.00.